The normalized spacial score (nSPS) is 14.5. The Balaban J connectivity index is 1.70. The lowest BCUT2D eigenvalue weighted by Gasteiger charge is -2.29. The number of carbonyl (C=O) groups excluding carboxylic acids is 1. The third-order valence-corrected chi connectivity index (χ3v) is 4.94. The topological polar surface area (TPSA) is 57.3 Å². The number of piperazine rings is 1. The predicted octanol–water partition coefficient (Wildman–Crippen LogP) is 3.12. The van der Waals surface area contributed by atoms with Crippen molar-refractivity contribution in [2.75, 3.05) is 42.7 Å². The Labute approximate surface area is 150 Å². The summed E-state index contributed by atoms with van der Waals surface area (Å²) in [4.78, 5) is 20.0. The molecule has 0 saturated carbocycles. The Bertz CT molecular complexity index is 717. The minimum atomic E-state index is -0.252. The minimum absolute atomic E-state index is 0.252. The lowest BCUT2D eigenvalue weighted by molar-refractivity contribution is 0.102. The molecular weight excluding hydrogens is 344 g/mol. The number of benzene rings is 1. The van der Waals surface area contributed by atoms with Gasteiger partial charge in [-0.3, -0.25) is 4.79 Å². The third-order valence-electron chi connectivity index (χ3n) is 3.89. The van der Waals surface area contributed by atoms with E-state index < -0.39 is 0 Å². The molecule has 1 amide bonds. The average Bonchev–Trinajstić information content (AvgIpc) is 2.63. The van der Waals surface area contributed by atoms with E-state index in [4.69, 9.17) is 11.6 Å². The van der Waals surface area contributed by atoms with E-state index in [-0.39, 0.29) is 5.91 Å². The van der Waals surface area contributed by atoms with Crippen LogP contribution in [0.5, 0.6) is 0 Å². The molecule has 2 N–H and O–H groups in total. The number of hydrogen-bond donors (Lipinski definition) is 2. The van der Waals surface area contributed by atoms with Crippen LogP contribution in [0.25, 0.3) is 0 Å². The highest BCUT2D eigenvalue weighted by atomic mass is 35.5. The molecule has 1 aliphatic rings. The van der Waals surface area contributed by atoms with Crippen LogP contribution in [0.15, 0.2) is 41.4 Å². The lowest BCUT2D eigenvalue weighted by Crippen LogP contribution is -2.43. The van der Waals surface area contributed by atoms with Crippen molar-refractivity contribution in [3.8, 4) is 0 Å². The maximum atomic E-state index is 12.4. The lowest BCUT2D eigenvalue weighted by atomic mass is 10.2. The number of anilines is 2. The third kappa shape index (κ3) is 4.01. The van der Waals surface area contributed by atoms with Crippen molar-refractivity contribution in [3.63, 3.8) is 0 Å². The van der Waals surface area contributed by atoms with Gasteiger partial charge < -0.3 is 15.5 Å². The average molecular weight is 363 g/mol. The van der Waals surface area contributed by atoms with Crippen molar-refractivity contribution in [3.05, 3.63) is 47.1 Å². The predicted molar refractivity (Wildman–Crippen MR) is 101 cm³/mol. The first-order valence-electron chi connectivity index (χ1n) is 7.74. The fraction of sp³-hybridized carbons (Fsp3) is 0.294. The van der Waals surface area contributed by atoms with Crippen LogP contribution in [0.3, 0.4) is 0 Å². The monoisotopic (exact) mass is 362 g/mol. The summed E-state index contributed by atoms with van der Waals surface area (Å²) >= 11 is 7.71. The van der Waals surface area contributed by atoms with Gasteiger partial charge in [0.2, 0.25) is 0 Å². The highest BCUT2D eigenvalue weighted by Crippen LogP contribution is 2.24. The molecule has 0 bridgehead atoms. The van der Waals surface area contributed by atoms with Crippen LogP contribution in [0, 0.1) is 0 Å². The summed E-state index contributed by atoms with van der Waals surface area (Å²) in [6, 6.07) is 9.22. The van der Waals surface area contributed by atoms with Crippen LogP contribution in [-0.2, 0) is 0 Å². The molecule has 0 spiro atoms. The van der Waals surface area contributed by atoms with Crippen LogP contribution in [0.4, 0.5) is 11.5 Å². The summed E-state index contributed by atoms with van der Waals surface area (Å²) in [6.45, 7) is 3.88. The number of aromatic nitrogens is 1. The summed E-state index contributed by atoms with van der Waals surface area (Å²) in [5, 5.41) is 6.56. The van der Waals surface area contributed by atoms with E-state index in [2.05, 4.69) is 20.5 Å². The molecule has 2 aromatic rings. The largest absolute Gasteiger partial charge is 0.368 e. The van der Waals surface area contributed by atoms with Gasteiger partial charge in [0.1, 0.15) is 5.82 Å². The van der Waals surface area contributed by atoms with Gasteiger partial charge in [-0.25, -0.2) is 4.98 Å². The van der Waals surface area contributed by atoms with Crippen LogP contribution in [0.1, 0.15) is 10.4 Å². The summed E-state index contributed by atoms with van der Waals surface area (Å²) < 4.78 is 0. The smallest absolute Gasteiger partial charge is 0.258 e. The zero-order valence-corrected chi connectivity index (χ0v) is 15.0. The number of nitrogens with zero attached hydrogens (tertiary/aromatic N) is 2. The quantitative estimate of drug-likeness (QED) is 0.818. The number of nitrogens with one attached hydrogen (secondary N) is 2. The zero-order chi connectivity index (χ0) is 16.9. The Hall–Kier alpha value is -1.76. The van der Waals surface area contributed by atoms with E-state index in [1.54, 1.807) is 30.1 Å². The number of thioether (sulfide) groups is 1. The summed E-state index contributed by atoms with van der Waals surface area (Å²) in [5.41, 5.74) is 1.52. The number of rotatable bonds is 4. The second-order valence-corrected chi connectivity index (χ2v) is 6.73. The molecule has 7 heteroatoms. The highest BCUT2D eigenvalue weighted by molar-refractivity contribution is 7.98. The van der Waals surface area contributed by atoms with Crippen molar-refractivity contribution in [2.24, 2.45) is 0 Å². The van der Waals surface area contributed by atoms with Crippen molar-refractivity contribution in [1.82, 2.24) is 10.3 Å². The molecule has 1 aromatic carbocycles. The molecule has 5 nitrogen and oxygen atoms in total. The van der Waals surface area contributed by atoms with Gasteiger partial charge in [0.05, 0.1) is 22.5 Å². The molecule has 24 heavy (non-hydrogen) atoms. The van der Waals surface area contributed by atoms with E-state index in [1.807, 2.05) is 24.5 Å². The van der Waals surface area contributed by atoms with E-state index in [0.717, 1.165) is 36.8 Å². The molecule has 1 fully saturated rings. The number of carbonyl (C=O) groups is 1. The summed E-state index contributed by atoms with van der Waals surface area (Å²) in [7, 11) is 0. The van der Waals surface area contributed by atoms with Crippen molar-refractivity contribution >= 4 is 40.8 Å². The Kier molecular flexibility index (Phi) is 5.60. The molecule has 1 aromatic heterocycles. The standard InChI is InChI=1S/C17H19ClN4OS/c1-24-13-3-4-15(18)14(10-13)17(23)21-16-5-2-12(11-20-16)22-8-6-19-7-9-22/h2-5,10-11,19H,6-9H2,1H3,(H,20,21,23). The van der Waals surface area contributed by atoms with E-state index in [0.29, 0.717) is 16.4 Å². The number of amides is 1. The van der Waals surface area contributed by atoms with E-state index in [9.17, 15) is 4.79 Å². The number of pyridine rings is 1. The van der Waals surface area contributed by atoms with Gasteiger partial charge in [-0.1, -0.05) is 11.6 Å². The number of halogens is 1. The van der Waals surface area contributed by atoms with Gasteiger partial charge >= 0.3 is 0 Å². The van der Waals surface area contributed by atoms with E-state index >= 15 is 0 Å². The van der Waals surface area contributed by atoms with E-state index in [1.165, 1.54) is 0 Å². The molecule has 126 valence electrons. The second kappa shape index (κ2) is 7.88. The molecular formula is C17H19ClN4OS. The van der Waals surface area contributed by atoms with Gasteiger partial charge in [0.15, 0.2) is 0 Å². The first-order chi connectivity index (χ1) is 11.7. The fourth-order valence-corrected chi connectivity index (χ4v) is 3.20. The van der Waals surface area contributed by atoms with Gasteiger partial charge in [-0.05, 0) is 36.6 Å². The molecule has 0 unspecified atom stereocenters. The van der Waals surface area contributed by atoms with Crippen LogP contribution in [0.2, 0.25) is 5.02 Å². The molecule has 2 heterocycles. The Morgan fingerprint density at radius 3 is 2.75 bits per heavy atom. The van der Waals surface area contributed by atoms with Gasteiger partial charge in [0.25, 0.3) is 5.91 Å². The van der Waals surface area contributed by atoms with Crippen molar-refractivity contribution in [2.45, 2.75) is 4.90 Å². The van der Waals surface area contributed by atoms with Crippen LogP contribution in [-0.4, -0.2) is 43.3 Å². The van der Waals surface area contributed by atoms with Crippen LogP contribution < -0.4 is 15.5 Å². The first-order valence-corrected chi connectivity index (χ1v) is 9.34. The molecule has 0 aliphatic carbocycles. The van der Waals surface area contributed by atoms with Crippen LogP contribution >= 0.6 is 23.4 Å². The minimum Gasteiger partial charge on any atom is -0.368 e. The van der Waals surface area contributed by atoms with Crippen molar-refractivity contribution < 1.29 is 4.79 Å². The maximum Gasteiger partial charge on any atom is 0.258 e. The molecule has 1 saturated heterocycles. The van der Waals surface area contributed by atoms with Crippen molar-refractivity contribution in [1.29, 1.82) is 0 Å². The van der Waals surface area contributed by atoms with Gasteiger partial charge in [-0.15, -0.1) is 11.8 Å². The first kappa shape index (κ1) is 17.1. The Morgan fingerprint density at radius 1 is 1.29 bits per heavy atom. The molecule has 3 rings (SSSR count). The Morgan fingerprint density at radius 2 is 2.08 bits per heavy atom. The molecule has 0 radical (unpaired) electrons. The molecule has 0 atom stereocenters. The fourth-order valence-electron chi connectivity index (χ4n) is 2.56. The zero-order valence-electron chi connectivity index (χ0n) is 13.4. The highest BCUT2D eigenvalue weighted by Gasteiger charge is 2.14. The number of hydrogen-bond acceptors (Lipinski definition) is 5. The summed E-state index contributed by atoms with van der Waals surface area (Å²) in [6.07, 6.45) is 3.75. The maximum absolute atomic E-state index is 12.4. The van der Waals surface area contributed by atoms with Gasteiger partial charge in [0, 0.05) is 31.1 Å². The molecule has 1 aliphatic heterocycles. The SMILES string of the molecule is CSc1ccc(Cl)c(C(=O)Nc2ccc(N3CCNCC3)cn2)c1. The summed E-state index contributed by atoms with van der Waals surface area (Å²) in [5.74, 6) is 0.267. The van der Waals surface area contributed by atoms with Gasteiger partial charge in [-0.2, -0.15) is 0 Å². The second-order valence-electron chi connectivity index (χ2n) is 5.44.